The van der Waals surface area contributed by atoms with Crippen molar-refractivity contribution in [3.8, 4) is 0 Å². The molecule has 1 aromatic rings. The Bertz CT molecular complexity index is 572. The van der Waals surface area contributed by atoms with Crippen LogP contribution < -0.4 is 5.32 Å². The quantitative estimate of drug-likeness (QED) is 0.898. The van der Waals surface area contributed by atoms with Crippen LogP contribution in [-0.4, -0.2) is 23.0 Å². The van der Waals surface area contributed by atoms with Crippen LogP contribution in [0.4, 0.5) is 0 Å². The van der Waals surface area contributed by atoms with Crippen LogP contribution in [-0.2, 0) is 17.6 Å². The number of hydrogen-bond donors (Lipinski definition) is 2. The highest BCUT2D eigenvalue weighted by atomic mass is 32.1. The maximum atomic E-state index is 12.4. The lowest BCUT2D eigenvalue weighted by Gasteiger charge is -2.26. The van der Waals surface area contributed by atoms with Crippen LogP contribution in [0.25, 0.3) is 0 Å². The third-order valence-corrected chi connectivity index (χ3v) is 6.20. The van der Waals surface area contributed by atoms with Gasteiger partial charge in [0.2, 0.25) is 0 Å². The molecule has 0 aliphatic heterocycles. The summed E-state index contributed by atoms with van der Waals surface area (Å²) >= 11 is 1.63. The molecule has 120 valence electrons. The summed E-state index contributed by atoms with van der Waals surface area (Å²) in [6, 6.07) is 2.19. The Morgan fingerprint density at radius 2 is 1.95 bits per heavy atom. The van der Waals surface area contributed by atoms with Crippen molar-refractivity contribution in [1.82, 2.24) is 5.32 Å². The molecule has 2 aliphatic carbocycles. The normalized spacial score (nSPS) is 28.0. The van der Waals surface area contributed by atoms with Gasteiger partial charge in [-0.05, 0) is 62.5 Å². The minimum Gasteiger partial charge on any atom is -0.481 e. The van der Waals surface area contributed by atoms with Gasteiger partial charge < -0.3 is 10.4 Å². The molecule has 5 heteroatoms. The van der Waals surface area contributed by atoms with E-state index in [-0.39, 0.29) is 17.9 Å². The molecule has 0 saturated heterocycles. The number of thiophene rings is 1. The van der Waals surface area contributed by atoms with Crippen molar-refractivity contribution in [3.63, 3.8) is 0 Å². The molecule has 22 heavy (non-hydrogen) atoms. The molecule has 4 nitrogen and oxygen atoms in total. The summed E-state index contributed by atoms with van der Waals surface area (Å²) in [5, 5.41) is 12.1. The Balaban J connectivity index is 1.58. The SMILES string of the molecule is CC1CCc2sc(C(=O)NC3CCC(C(=O)O)CC3)cc2C1. The number of rotatable bonds is 3. The molecule has 1 atom stereocenters. The van der Waals surface area contributed by atoms with Crippen molar-refractivity contribution in [2.24, 2.45) is 11.8 Å². The molecule has 2 aliphatic rings. The Kier molecular flexibility index (Phi) is 4.52. The summed E-state index contributed by atoms with van der Waals surface area (Å²) in [6.45, 7) is 2.27. The van der Waals surface area contributed by atoms with Gasteiger partial charge in [0.25, 0.3) is 5.91 Å². The first kappa shape index (κ1) is 15.5. The zero-order valence-corrected chi connectivity index (χ0v) is 13.7. The Morgan fingerprint density at radius 1 is 1.23 bits per heavy atom. The molecule has 2 N–H and O–H groups in total. The van der Waals surface area contributed by atoms with Crippen molar-refractivity contribution in [2.75, 3.05) is 0 Å². The predicted octanol–water partition coefficient (Wildman–Crippen LogP) is 3.25. The Morgan fingerprint density at radius 3 is 2.64 bits per heavy atom. The van der Waals surface area contributed by atoms with Crippen LogP contribution in [0.3, 0.4) is 0 Å². The van der Waals surface area contributed by atoms with Gasteiger partial charge >= 0.3 is 5.97 Å². The number of carbonyl (C=O) groups is 2. The maximum absolute atomic E-state index is 12.4. The molecule has 1 amide bonds. The molecule has 1 fully saturated rings. The largest absolute Gasteiger partial charge is 0.481 e. The Hall–Kier alpha value is -1.36. The summed E-state index contributed by atoms with van der Waals surface area (Å²) in [4.78, 5) is 25.6. The smallest absolute Gasteiger partial charge is 0.306 e. The van der Waals surface area contributed by atoms with Gasteiger partial charge in [-0.25, -0.2) is 0 Å². The molecule has 1 saturated carbocycles. The second kappa shape index (κ2) is 6.41. The van der Waals surface area contributed by atoms with E-state index in [1.165, 1.54) is 16.9 Å². The lowest BCUT2D eigenvalue weighted by atomic mass is 9.86. The van der Waals surface area contributed by atoms with E-state index in [1.54, 1.807) is 11.3 Å². The summed E-state index contributed by atoms with van der Waals surface area (Å²) in [5.41, 5.74) is 1.35. The van der Waals surface area contributed by atoms with Crippen LogP contribution in [0.1, 0.15) is 59.1 Å². The molecule has 1 aromatic heterocycles. The standard InChI is InChI=1S/C17H23NO3S/c1-10-2-7-14-12(8-10)9-15(22-14)16(19)18-13-5-3-11(4-6-13)17(20)21/h9-11,13H,2-8H2,1H3,(H,18,19)(H,20,21). The molecule has 3 rings (SSSR count). The number of nitrogens with one attached hydrogen (secondary N) is 1. The fourth-order valence-electron chi connectivity index (χ4n) is 3.56. The molecule has 0 aromatic carbocycles. The monoisotopic (exact) mass is 321 g/mol. The van der Waals surface area contributed by atoms with E-state index in [9.17, 15) is 9.59 Å². The van der Waals surface area contributed by atoms with Gasteiger partial charge in [0.05, 0.1) is 10.8 Å². The molecule has 1 heterocycles. The highest BCUT2D eigenvalue weighted by Gasteiger charge is 2.28. The number of aryl methyl sites for hydroxylation is 1. The minimum atomic E-state index is -0.704. The van der Waals surface area contributed by atoms with Crippen molar-refractivity contribution >= 4 is 23.2 Å². The van der Waals surface area contributed by atoms with Crippen molar-refractivity contribution in [1.29, 1.82) is 0 Å². The molecular formula is C17H23NO3S. The van der Waals surface area contributed by atoms with Gasteiger partial charge in [-0.3, -0.25) is 9.59 Å². The van der Waals surface area contributed by atoms with Crippen LogP contribution in [0.15, 0.2) is 6.07 Å². The van der Waals surface area contributed by atoms with Gasteiger partial charge in [-0.2, -0.15) is 0 Å². The maximum Gasteiger partial charge on any atom is 0.306 e. The number of carboxylic acid groups (broad SMARTS) is 1. The summed E-state index contributed by atoms with van der Waals surface area (Å²) in [5.74, 6) is -0.205. The third kappa shape index (κ3) is 3.35. The van der Waals surface area contributed by atoms with E-state index in [4.69, 9.17) is 5.11 Å². The second-order valence-corrected chi connectivity index (χ2v) is 7.90. The molecule has 1 unspecified atom stereocenters. The fourth-order valence-corrected chi connectivity index (χ4v) is 4.67. The van der Waals surface area contributed by atoms with Crippen LogP contribution in [0.5, 0.6) is 0 Å². The second-order valence-electron chi connectivity index (χ2n) is 6.77. The number of carboxylic acids is 1. The number of amides is 1. The zero-order chi connectivity index (χ0) is 15.7. The van der Waals surface area contributed by atoms with Crippen molar-refractivity contribution in [2.45, 2.75) is 57.9 Å². The minimum absolute atomic E-state index is 0.0193. The molecule has 0 spiro atoms. The summed E-state index contributed by atoms with van der Waals surface area (Å²) in [6.07, 6.45) is 6.27. The first-order valence-corrected chi connectivity index (χ1v) is 9.00. The van der Waals surface area contributed by atoms with Gasteiger partial charge in [-0.15, -0.1) is 11.3 Å². The van der Waals surface area contributed by atoms with Crippen LogP contribution in [0, 0.1) is 11.8 Å². The third-order valence-electron chi connectivity index (χ3n) is 4.96. The van der Waals surface area contributed by atoms with E-state index < -0.39 is 5.97 Å². The van der Waals surface area contributed by atoms with Gasteiger partial charge in [0.15, 0.2) is 0 Å². The first-order chi connectivity index (χ1) is 10.5. The summed E-state index contributed by atoms with van der Waals surface area (Å²) < 4.78 is 0. The summed E-state index contributed by atoms with van der Waals surface area (Å²) in [7, 11) is 0. The number of aliphatic carboxylic acids is 1. The van der Waals surface area contributed by atoms with Gasteiger partial charge in [0, 0.05) is 10.9 Å². The number of fused-ring (bicyclic) bond motifs is 1. The average molecular weight is 321 g/mol. The highest BCUT2D eigenvalue weighted by molar-refractivity contribution is 7.14. The fraction of sp³-hybridized carbons (Fsp3) is 0.647. The van der Waals surface area contributed by atoms with Crippen LogP contribution in [0.2, 0.25) is 0 Å². The van der Waals surface area contributed by atoms with E-state index in [0.717, 1.165) is 30.6 Å². The lowest BCUT2D eigenvalue weighted by molar-refractivity contribution is -0.142. The van der Waals surface area contributed by atoms with Crippen molar-refractivity contribution < 1.29 is 14.7 Å². The lowest BCUT2D eigenvalue weighted by Crippen LogP contribution is -2.38. The van der Waals surface area contributed by atoms with E-state index >= 15 is 0 Å². The van der Waals surface area contributed by atoms with Crippen molar-refractivity contribution in [3.05, 3.63) is 21.4 Å². The predicted molar refractivity (Wildman–Crippen MR) is 86.4 cm³/mol. The number of carbonyl (C=O) groups excluding carboxylic acids is 1. The molecule has 0 bridgehead atoms. The van der Waals surface area contributed by atoms with Crippen LogP contribution >= 0.6 is 11.3 Å². The first-order valence-electron chi connectivity index (χ1n) is 8.18. The van der Waals surface area contributed by atoms with Gasteiger partial charge in [-0.1, -0.05) is 6.92 Å². The zero-order valence-electron chi connectivity index (χ0n) is 12.9. The highest BCUT2D eigenvalue weighted by Crippen LogP contribution is 2.32. The average Bonchev–Trinajstić information content (AvgIpc) is 2.91. The van der Waals surface area contributed by atoms with E-state index in [2.05, 4.69) is 18.3 Å². The topological polar surface area (TPSA) is 66.4 Å². The van der Waals surface area contributed by atoms with Gasteiger partial charge in [0.1, 0.15) is 0 Å². The Labute approximate surface area is 134 Å². The number of hydrogen-bond acceptors (Lipinski definition) is 3. The molecular weight excluding hydrogens is 298 g/mol. The molecule has 0 radical (unpaired) electrons. The van der Waals surface area contributed by atoms with E-state index in [1.807, 2.05) is 0 Å². The van der Waals surface area contributed by atoms with E-state index in [0.29, 0.717) is 18.8 Å².